The van der Waals surface area contributed by atoms with Crippen LogP contribution in [0.1, 0.15) is 31.7 Å². The zero-order valence-electron chi connectivity index (χ0n) is 13.9. The maximum absolute atomic E-state index is 12.0. The van der Waals surface area contributed by atoms with Crippen molar-refractivity contribution < 1.29 is 4.79 Å². The molecule has 0 atom stereocenters. The number of rotatable bonds is 7. The normalized spacial score (nSPS) is 10.7. The molecule has 0 aliphatic carbocycles. The van der Waals surface area contributed by atoms with Crippen molar-refractivity contribution >= 4 is 57.5 Å². The van der Waals surface area contributed by atoms with Gasteiger partial charge in [0.05, 0.1) is 0 Å². The first kappa shape index (κ1) is 22.2. The molecule has 1 rings (SSSR count). The fourth-order valence-corrected chi connectivity index (χ4v) is 2.35. The Labute approximate surface area is 164 Å². The summed E-state index contributed by atoms with van der Waals surface area (Å²) in [5.74, 6) is 0.725. The van der Waals surface area contributed by atoms with Gasteiger partial charge in [-0.3, -0.25) is 9.79 Å². The minimum Gasteiger partial charge on any atom is -0.356 e. The van der Waals surface area contributed by atoms with Crippen molar-refractivity contribution in [1.29, 1.82) is 0 Å². The van der Waals surface area contributed by atoms with E-state index in [9.17, 15) is 4.79 Å². The minimum absolute atomic E-state index is 0. The highest BCUT2D eigenvalue weighted by molar-refractivity contribution is 14.0. The van der Waals surface area contributed by atoms with E-state index in [1.165, 1.54) is 0 Å². The van der Waals surface area contributed by atoms with Crippen molar-refractivity contribution in [2.75, 3.05) is 25.5 Å². The molecule has 0 fully saturated rings. The third-order valence-electron chi connectivity index (χ3n) is 3.15. The maximum atomic E-state index is 12.0. The van der Waals surface area contributed by atoms with E-state index in [-0.39, 0.29) is 29.9 Å². The number of amides is 1. The van der Waals surface area contributed by atoms with E-state index in [0.29, 0.717) is 13.0 Å². The first-order chi connectivity index (χ1) is 10.6. The summed E-state index contributed by atoms with van der Waals surface area (Å²) in [6.45, 7) is 5.55. The van der Waals surface area contributed by atoms with Gasteiger partial charge in [0, 0.05) is 36.7 Å². The van der Waals surface area contributed by atoms with Gasteiger partial charge in [-0.05, 0) is 37.1 Å². The van der Waals surface area contributed by atoms with Crippen molar-refractivity contribution in [2.45, 2.75) is 33.1 Å². The van der Waals surface area contributed by atoms with Crippen molar-refractivity contribution in [3.8, 4) is 0 Å². The van der Waals surface area contributed by atoms with E-state index in [0.717, 1.165) is 41.1 Å². The summed E-state index contributed by atoms with van der Waals surface area (Å²) in [7, 11) is 1.73. The molecule has 130 valence electrons. The van der Waals surface area contributed by atoms with Gasteiger partial charge in [0.1, 0.15) is 0 Å². The molecule has 0 saturated heterocycles. The number of anilines is 1. The smallest absolute Gasteiger partial charge is 0.226 e. The number of nitrogens with one attached hydrogen (secondary N) is 3. The zero-order chi connectivity index (χ0) is 16.4. The van der Waals surface area contributed by atoms with Crippen LogP contribution in [0, 0.1) is 6.92 Å². The van der Waals surface area contributed by atoms with Crippen LogP contribution in [0.25, 0.3) is 0 Å². The highest BCUT2D eigenvalue weighted by Crippen LogP contribution is 2.19. The predicted octanol–water partition coefficient (Wildman–Crippen LogP) is 3.67. The summed E-state index contributed by atoms with van der Waals surface area (Å²) in [5.41, 5.74) is 1.88. The van der Waals surface area contributed by atoms with Crippen LogP contribution < -0.4 is 16.0 Å². The molecule has 0 bridgehead atoms. The van der Waals surface area contributed by atoms with Crippen LogP contribution in [0.3, 0.4) is 0 Å². The van der Waals surface area contributed by atoms with E-state index >= 15 is 0 Å². The summed E-state index contributed by atoms with van der Waals surface area (Å²) in [6, 6.07) is 5.80. The summed E-state index contributed by atoms with van der Waals surface area (Å²) in [6.07, 6.45) is 2.63. The van der Waals surface area contributed by atoms with Gasteiger partial charge in [0.25, 0.3) is 0 Å². The van der Waals surface area contributed by atoms with Gasteiger partial charge in [-0.25, -0.2) is 0 Å². The topological polar surface area (TPSA) is 65.5 Å². The number of aryl methyl sites for hydroxylation is 1. The van der Waals surface area contributed by atoms with E-state index in [1.807, 2.05) is 25.1 Å². The number of aliphatic imine (C=N–C) groups is 1. The first-order valence-electron chi connectivity index (χ1n) is 7.57. The predicted molar refractivity (Wildman–Crippen MR) is 112 cm³/mol. The van der Waals surface area contributed by atoms with Gasteiger partial charge < -0.3 is 16.0 Å². The Bertz CT molecular complexity index is 523. The van der Waals surface area contributed by atoms with Crippen molar-refractivity contribution in [3.05, 3.63) is 28.2 Å². The van der Waals surface area contributed by atoms with Gasteiger partial charge in [-0.2, -0.15) is 0 Å². The second-order valence-electron chi connectivity index (χ2n) is 5.04. The van der Waals surface area contributed by atoms with Crippen LogP contribution in [-0.2, 0) is 4.79 Å². The van der Waals surface area contributed by atoms with E-state index < -0.39 is 0 Å². The molecular formula is C16H26BrIN4O. The van der Waals surface area contributed by atoms with Gasteiger partial charge >= 0.3 is 0 Å². The molecule has 7 heteroatoms. The van der Waals surface area contributed by atoms with Crippen LogP contribution in [0.15, 0.2) is 27.7 Å². The molecule has 23 heavy (non-hydrogen) atoms. The Morgan fingerprint density at radius 1 is 1.26 bits per heavy atom. The van der Waals surface area contributed by atoms with Crippen molar-refractivity contribution in [2.24, 2.45) is 4.99 Å². The summed E-state index contributed by atoms with van der Waals surface area (Å²) in [4.78, 5) is 16.1. The quantitative estimate of drug-likeness (QED) is 0.233. The molecule has 0 aromatic heterocycles. The third kappa shape index (κ3) is 9.14. The van der Waals surface area contributed by atoms with E-state index in [2.05, 4.69) is 43.8 Å². The number of hydrogen-bond acceptors (Lipinski definition) is 2. The lowest BCUT2D eigenvalue weighted by Crippen LogP contribution is -2.39. The second-order valence-corrected chi connectivity index (χ2v) is 5.95. The van der Waals surface area contributed by atoms with Crippen LogP contribution in [0.4, 0.5) is 5.69 Å². The number of hydrogen-bond donors (Lipinski definition) is 3. The fraction of sp³-hybridized carbons (Fsp3) is 0.500. The molecular weight excluding hydrogens is 471 g/mol. The number of halogens is 2. The molecule has 1 aromatic carbocycles. The Kier molecular flexibility index (Phi) is 12.1. The molecule has 5 nitrogen and oxygen atoms in total. The molecule has 0 aliphatic heterocycles. The molecule has 1 aromatic rings. The van der Waals surface area contributed by atoms with Crippen LogP contribution in [0.5, 0.6) is 0 Å². The third-order valence-corrected chi connectivity index (χ3v) is 3.65. The maximum Gasteiger partial charge on any atom is 0.226 e. The average Bonchev–Trinajstić information content (AvgIpc) is 2.48. The molecule has 0 aliphatic rings. The molecule has 0 heterocycles. The van der Waals surface area contributed by atoms with Crippen LogP contribution >= 0.6 is 39.9 Å². The number of benzene rings is 1. The lowest BCUT2D eigenvalue weighted by Gasteiger charge is -2.12. The summed E-state index contributed by atoms with van der Waals surface area (Å²) in [5, 5.41) is 9.27. The number of carbonyl (C=O) groups is 1. The standard InChI is InChI=1S/C16H25BrN4O.HI/c1-4-5-9-19-16(18-3)20-10-8-15(22)21-14-7-6-13(17)11-12(14)2;/h6-7,11H,4-5,8-10H2,1-3H3,(H,21,22)(H2,18,19,20);1H. The molecule has 0 unspecified atom stereocenters. The summed E-state index contributed by atoms with van der Waals surface area (Å²) < 4.78 is 1.01. The van der Waals surface area contributed by atoms with Crippen molar-refractivity contribution in [3.63, 3.8) is 0 Å². The second kappa shape index (κ2) is 12.6. The average molecular weight is 497 g/mol. The van der Waals surface area contributed by atoms with Gasteiger partial charge in [-0.15, -0.1) is 24.0 Å². The largest absolute Gasteiger partial charge is 0.356 e. The van der Waals surface area contributed by atoms with Crippen LogP contribution in [-0.4, -0.2) is 32.0 Å². The van der Waals surface area contributed by atoms with Crippen LogP contribution in [0.2, 0.25) is 0 Å². The molecule has 1 amide bonds. The Hall–Kier alpha value is -0.830. The van der Waals surface area contributed by atoms with Crippen molar-refractivity contribution in [1.82, 2.24) is 10.6 Å². The van der Waals surface area contributed by atoms with Gasteiger partial charge in [0.15, 0.2) is 5.96 Å². The SMILES string of the molecule is CCCCNC(=NC)NCCC(=O)Nc1ccc(Br)cc1C.I. The Morgan fingerprint density at radius 2 is 1.96 bits per heavy atom. The van der Waals surface area contributed by atoms with Gasteiger partial charge in [0.2, 0.25) is 5.91 Å². The van der Waals surface area contributed by atoms with Gasteiger partial charge in [-0.1, -0.05) is 29.3 Å². The number of guanidine groups is 1. The molecule has 0 saturated carbocycles. The number of carbonyl (C=O) groups excluding carboxylic acids is 1. The number of nitrogens with zero attached hydrogens (tertiary/aromatic N) is 1. The highest BCUT2D eigenvalue weighted by atomic mass is 127. The molecule has 0 spiro atoms. The Morgan fingerprint density at radius 3 is 2.57 bits per heavy atom. The molecule has 0 radical (unpaired) electrons. The molecule has 3 N–H and O–H groups in total. The minimum atomic E-state index is -0.0121. The Balaban J connectivity index is 0.00000484. The van der Waals surface area contributed by atoms with E-state index in [4.69, 9.17) is 0 Å². The zero-order valence-corrected chi connectivity index (χ0v) is 17.8. The van der Waals surface area contributed by atoms with E-state index in [1.54, 1.807) is 7.05 Å². The fourth-order valence-electron chi connectivity index (χ4n) is 1.88. The number of unbranched alkanes of at least 4 members (excludes halogenated alkanes) is 1. The lowest BCUT2D eigenvalue weighted by atomic mass is 10.2. The lowest BCUT2D eigenvalue weighted by molar-refractivity contribution is -0.116. The first-order valence-corrected chi connectivity index (χ1v) is 8.36. The highest BCUT2D eigenvalue weighted by Gasteiger charge is 2.05. The summed E-state index contributed by atoms with van der Waals surface area (Å²) >= 11 is 3.41. The monoisotopic (exact) mass is 496 g/mol.